The van der Waals surface area contributed by atoms with Crippen molar-refractivity contribution < 1.29 is 13.7 Å². The van der Waals surface area contributed by atoms with E-state index in [2.05, 4.69) is 48.5 Å². The molecule has 4 heteroatoms. The number of fused-ring (bicyclic) bond motifs is 3. The molecule has 6 aromatic carbocycles. The Kier molecular flexibility index (Phi) is 5.67. The minimum absolute atomic E-state index is 0.666. The van der Waals surface area contributed by atoms with Crippen molar-refractivity contribution >= 4 is 43.1 Å². The molecule has 0 saturated carbocycles. The molecule has 0 aromatic heterocycles. The molecule has 0 heterocycles. The fraction of sp³-hybridized carbons (Fsp3) is 0.0625. The molecule has 0 fully saturated rings. The summed E-state index contributed by atoms with van der Waals surface area (Å²) in [4.78, 5) is 1.60. The summed E-state index contributed by atoms with van der Waals surface area (Å²) in [7, 11) is 1.92. The molecule has 0 N–H and O–H groups in total. The lowest BCUT2D eigenvalue weighted by Gasteiger charge is -2.18. The second-order valence-electron chi connectivity index (χ2n) is 8.65. The van der Waals surface area contributed by atoms with E-state index in [-0.39, 0.29) is 0 Å². The van der Waals surface area contributed by atoms with Gasteiger partial charge in [0.25, 0.3) is 0 Å². The molecule has 0 aliphatic heterocycles. The van der Waals surface area contributed by atoms with Crippen LogP contribution in [-0.2, 0) is 10.8 Å². The van der Waals surface area contributed by atoms with E-state index in [9.17, 15) is 4.21 Å². The van der Waals surface area contributed by atoms with E-state index in [0.29, 0.717) is 11.5 Å². The topological polar surface area (TPSA) is 35.5 Å². The quantitative estimate of drug-likeness (QED) is 0.231. The number of rotatable bonds is 5. The van der Waals surface area contributed by atoms with Crippen molar-refractivity contribution in [2.24, 2.45) is 0 Å². The van der Waals surface area contributed by atoms with Gasteiger partial charge in [-0.15, -0.1) is 0 Å². The number of methoxy groups -OCH3 is 2. The third-order valence-corrected chi connectivity index (χ3v) is 8.15. The Bertz CT molecular complexity index is 1760. The Hall–Kier alpha value is -4.15. The molecule has 6 aromatic rings. The summed E-state index contributed by atoms with van der Waals surface area (Å²) in [5, 5.41) is 6.12. The first-order valence-electron chi connectivity index (χ1n) is 11.8. The molecule has 36 heavy (non-hydrogen) atoms. The maximum Gasteiger partial charge on any atom is 0.161 e. The first kappa shape index (κ1) is 22.3. The van der Waals surface area contributed by atoms with Gasteiger partial charge in [-0.2, -0.15) is 0 Å². The summed E-state index contributed by atoms with van der Waals surface area (Å²) < 4.78 is 25.3. The molecule has 0 spiro atoms. The lowest BCUT2D eigenvalue weighted by molar-refractivity contribution is 0.356. The van der Waals surface area contributed by atoms with E-state index in [1.54, 1.807) is 14.2 Å². The summed E-state index contributed by atoms with van der Waals surface area (Å²) in [6.45, 7) is 0. The third-order valence-electron chi connectivity index (χ3n) is 6.64. The van der Waals surface area contributed by atoms with Crippen molar-refractivity contribution in [3.63, 3.8) is 0 Å². The van der Waals surface area contributed by atoms with E-state index < -0.39 is 10.8 Å². The first-order chi connectivity index (χ1) is 17.7. The fourth-order valence-electron chi connectivity index (χ4n) is 4.99. The second kappa shape index (κ2) is 9.14. The summed E-state index contributed by atoms with van der Waals surface area (Å²) in [5.41, 5.74) is 2.25. The maximum atomic E-state index is 14.1. The van der Waals surface area contributed by atoms with Gasteiger partial charge in [0, 0.05) is 10.3 Å². The lowest BCUT2D eigenvalue weighted by atomic mass is 9.90. The molecule has 3 nitrogen and oxygen atoms in total. The number of benzene rings is 6. The van der Waals surface area contributed by atoms with Gasteiger partial charge in [-0.05, 0) is 74.5 Å². The zero-order valence-corrected chi connectivity index (χ0v) is 20.8. The second-order valence-corrected chi connectivity index (χ2v) is 10.1. The van der Waals surface area contributed by atoms with Crippen LogP contribution in [0.25, 0.3) is 43.4 Å². The van der Waals surface area contributed by atoms with Gasteiger partial charge in [0.05, 0.1) is 29.9 Å². The molecule has 0 amide bonds. The van der Waals surface area contributed by atoms with Crippen molar-refractivity contribution in [3.8, 4) is 22.6 Å². The predicted octanol–water partition coefficient (Wildman–Crippen LogP) is 8.00. The normalized spacial score (nSPS) is 12.2. The molecule has 1 atom stereocenters. The Morgan fingerprint density at radius 1 is 0.556 bits per heavy atom. The molecule has 176 valence electrons. The third kappa shape index (κ3) is 3.62. The average Bonchev–Trinajstić information content (AvgIpc) is 2.94. The Balaban J connectivity index is 1.82. The highest BCUT2D eigenvalue weighted by molar-refractivity contribution is 7.85. The zero-order valence-electron chi connectivity index (χ0n) is 20.0. The van der Waals surface area contributed by atoms with Gasteiger partial charge >= 0.3 is 0 Å². The van der Waals surface area contributed by atoms with Gasteiger partial charge in [-0.3, -0.25) is 0 Å². The number of ether oxygens (including phenoxy) is 2. The van der Waals surface area contributed by atoms with Crippen molar-refractivity contribution in [2.75, 3.05) is 14.2 Å². The Morgan fingerprint density at radius 3 is 1.69 bits per heavy atom. The van der Waals surface area contributed by atoms with Crippen LogP contribution in [0.4, 0.5) is 0 Å². The van der Waals surface area contributed by atoms with Gasteiger partial charge in [-0.25, -0.2) is 4.21 Å². The SMILES string of the molecule is COc1cc2cc3c(-c4ccccc4)c4ccccc4c(S(=O)c4ccccc4)c3cc2cc1OC. The smallest absolute Gasteiger partial charge is 0.161 e. The Morgan fingerprint density at radius 2 is 1.08 bits per heavy atom. The standard InChI is InChI=1S/C32H24O3S/c1-34-29-19-22-17-27-28(18-23(22)20-30(29)35-2)32(36(33)24-13-7-4-8-14-24)26-16-10-9-15-25(26)31(27)21-11-5-3-6-12-21/h3-20H,1-2H3. The van der Waals surface area contributed by atoms with E-state index in [0.717, 1.165) is 53.2 Å². The van der Waals surface area contributed by atoms with Crippen LogP contribution in [0.2, 0.25) is 0 Å². The fourth-order valence-corrected chi connectivity index (χ4v) is 6.37. The summed E-state index contributed by atoms with van der Waals surface area (Å²) in [5.74, 6) is 1.35. The molecule has 6 rings (SSSR count). The molecule has 0 aliphatic rings. The van der Waals surface area contributed by atoms with Gasteiger partial charge < -0.3 is 9.47 Å². The summed E-state index contributed by atoms with van der Waals surface area (Å²) >= 11 is 0. The van der Waals surface area contributed by atoms with Crippen LogP contribution < -0.4 is 9.47 Å². The zero-order chi connectivity index (χ0) is 24.6. The molecular formula is C32H24O3S. The van der Waals surface area contributed by atoms with Crippen LogP contribution in [0.15, 0.2) is 119 Å². The van der Waals surface area contributed by atoms with Crippen LogP contribution in [-0.4, -0.2) is 18.4 Å². The largest absolute Gasteiger partial charge is 0.493 e. The van der Waals surface area contributed by atoms with E-state index >= 15 is 0 Å². The van der Waals surface area contributed by atoms with Crippen molar-refractivity contribution in [3.05, 3.63) is 109 Å². The predicted molar refractivity (Wildman–Crippen MR) is 149 cm³/mol. The van der Waals surface area contributed by atoms with Gasteiger partial charge in [0.15, 0.2) is 11.5 Å². The lowest BCUT2D eigenvalue weighted by Crippen LogP contribution is -1.98. The van der Waals surface area contributed by atoms with Crippen LogP contribution in [0.3, 0.4) is 0 Å². The van der Waals surface area contributed by atoms with E-state index in [1.807, 2.05) is 60.7 Å². The van der Waals surface area contributed by atoms with Gasteiger partial charge in [0.1, 0.15) is 0 Å². The molecule has 0 aliphatic carbocycles. The average molecular weight is 489 g/mol. The molecular weight excluding hydrogens is 464 g/mol. The van der Waals surface area contributed by atoms with Crippen molar-refractivity contribution in [1.29, 1.82) is 0 Å². The van der Waals surface area contributed by atoms with Crippen LogP contribution >= 0.6 is 0 Å². The highest BCUT2D eigenvalue weighted by Gasteiger charge is 2.21. The summed E-state index contributed by atoms with van der Waals surface area (Å²) in [6.07, 6.45) is 0. The van der Waals surface area contributed by atoms with Crippen LogP contribution in [0, 0.1) is 0 Å². The Labute approximate surface area is 212 Å². The molecule has 0 bridgehead atoms. The molecule has 0 radical (unpaired) electrons. The maximum absolute atomic E-state index is 14.1. The van der Waals surface area contributed by atoms with Crippen molar-refractivity contribution in [1.82, 2.24) is 0 Å². The minimum Gasteiger partial charge on any atom is -0.493 e. The molecule has 0 saturated heterocycles. The number of hydrogen-bond acceptors (Lipinski definition) is 3. The van der Waals surface area contributed by atoms with E-state index in [1.165, 1.54) is 0 Å². The molecule has 1 unspecified atom stereocenters. The number of hydrogen-bond donors (Lipinski definition) is 0. The van der Waals surface area contributed by atoms with Gasteiger partial charge in [-0.1, -0.05) is 72.8 Å². The van der Waals surface area contributed by atoms with Crippen LogP contribution in [0.5, 0.6) is 11.5 Å². The highest BCUT2D eigenvalue weighted by Crippen LogP contribution is 2.44. The first-order valence-corrected chi connectivity index (χ1v) is 12.9. The van der Waals surface area contributed by atoms with Crippen molar-refractivity contribution in [2.45, 2.75) is 9.79 Å². The van der Waals surface area contributed by atoms with Crippen LogP contribution in [0.1, 0.15) is 0 Å². The monoisotopic (exact) mass is 488 g/mol. The summed E-state index contributed by atoms with van der Waals surface area (Å²) in [6, 6.07) is 36.7. The minimum atomic E-state index is -1.37. The highest BCUT2D eigenvalue weighted by atomic mass is 32.2. The van der Waals surface area contributed by atoms with Gasteiger partial charge in [0.2, 0.25) is 0 Å². The van der Waals surface area contributed by atoms with E-state index in [4.69, 9.17) is 9.47 Å².